The fraction of sp³-hybridized carbons (Fsp3) is 0.625. The lowest BCUT2D eigenvalue weighted by atomic mass is 9.82. The molecule has 0 saturated heterocycles. The molecule has 1 aromatic carbocycles. The van der Waals surface area contributed by atoms with Gasteiger partial charge in [-0.25, -0.2) is 13.1 Å². The zero-order valence-electron chi connectivity index (χ0n) is 13.9. The Labute approximate surface area is 129 Å². The first-order valence-electron chi connectivity index (χ1n) is 7.31. The molecule has 0 saturated carbocycles. The molecule has 0 aliphatic carbocycles. The first kappa shape index (κ1) is 18.1. The highest BCUT2D eigenvalue weighted by atomic mass is 32.2. The van der Waals surface area contributed by atoms with Crippen molar-refractivity contribution in [2.75, 3.05) is 13.6 Å². The van der Waals surface area contributed by atoms with E-state index in [1.807, 2.05) is 26.1 Å². The molecule has 1 atom stereocenters. The van der Waals surface area contributed by atoms with E-state index in [1.165, 1.54) is 0 Å². The van der Waals surface area contributed by atoms with Crippen LogP contribution in [0.3, 0.4) is 0 Å². The third-order valence-electron chi connectivity index (χ3n) is 3.98. The Morgan fingerprint density at radius 2 is 1.86 bits per heavy atom. The second-order valence-electron chi connectivity index (χ2n) is 6.75. The van der Waals surface area contributed by atoms with Gasteiger partial charge in [-0.2, -0.15) is 0 Å². The fourth-order valence-electron chi connectivity index (χ4n) is 1.87. The topological polar surface area (TPSA) is 58.2 Å². The summed E-state index contributed by atoms with van der Waals surface area (Å²) in [5, 5.41) is 3.04. The molecule has 0 aliphatic rings. The number of rotatable bonds is 6. The van der Waals surface area contributed by atoms with Gasteiger partial charge >= 0.3 is 0 Å². The van der Waals surface area contributed by atoms with Gasteiger partial charge in [0.1, 0.15) is 0 Å². The quantitative estimate of drug-likeness (QED) is 0.849. The highest BCUT2D eigenvalue weighted by Crippen LogP contribution is 2.25. The van der Waals surface area contributed by atoms with Crippen LogP contribution in [-0.4, -0.2) is 22.0 Å². The van der Waals surface area contributed by atoms with E-state index in [0.29, 0.717) is 18.0 Å². The monoisotopic (exact) mass is 312 g/mol. The molecular formula is C16H28N2O2S. The van der Waals surface area contributed by atoms with E-state index >= 15 is 0 Å². The Balaban J connectivity index is 2.95. The van der Waals surface area contributed by atoms with Gasteiger partial charge in [-0.15, -0.1) is 0 Å². The highest BCUT2D eigenvalue weighted by Gasteiger charge is 2.23. The number of benzene rings is 1. The van der Waals surface area contributed by atoms with Crippen LogP contribution in [-0.2, 0) is 16.6 Å². The third-order valence-corrected chi connectivity index (χ3v) is 5.55. The van der Waals surface area contributed by atoms with Gasteiger partial charge < -0.3 is 5.32 Å². The molecule has 0 aromatic heterocycles. The maximum Gasteiger partial charge on any atom is 0.240 e. The molecule has 0 radical (unpaired) electrons. The summed E-state index contributed by atoms with van der Waals surface area (Å²) in [7, 11) is -1.62. The predicted molar refractivity (Wildman–Crippen MR) is 87.8 cm³/mol. The molecule has 2 N–H and O–H groups in total. The normalized spacial score (nSPS) is 14.2. The van der Waals surface area contributed by atoms with Crippen molar-refractivity contribution in [2.24, 2.45) is 11.3 Å². The van der Waals surface area contributed by atoms with E-state index in [4.69, 9.17) is 0 Å². The lowest BCUT2D eigenvalue weighted by Gasteiger charge is -2.27. The molecule has 0 bridgehead atoms. The molecular weight excluding hydrogens is 284 g/mol. The first-order valence-corrected chi connectivity index (χ1v) is 8.80. The van der Waals surface area contributed by atoms with E-state index in [1.54, 1.807) is 6.07 Å². The second kappa shape index (κ2) is 6.90. The van der Waals surface area contributed by atoms with E-state index < -0.39 is 10.0 Å². The van der Waals surface area contributed by atoms with Gasteiger partial charge in [0.25, 0.3) is 0 Å². The van der Waals surface area contributed by atoms with Crippen LogP contribution in [0, 0.1) is 18.3 Å². The second-order valence-corrected chi connectivity index (χ2v) is 8.48. The molecule has 1 rings (SSSR count). The van der Waals surface area contributed by atoms with Crippen molar-refractivity contribution in [1.29, 1.82) is 0 Å². The zero-order valence-corrected chi connectivity index (χ0v) is 14.8. The van der Waals surface area contributed by atoms with Crippen LogP contribution in [0.2, 0.25) is 0 Å². The van der Waals surface area contributed by atoms with Crippen LogP contribution >= 0.6 is 0 Å². The molecule has 0 spiro atoms. The van der Waals surface area contributed by atoms with Crippen molar-refractivity contribution in [3.8, 4) is 0 Å². The van der Waals surface area contributed by atoms with Crippen LogP contribution < -0.4 is 10.0 Å². The molecule has 1 unspecified atom stereocenters. The molecule has 21 heavy (non-hydrogen) atoms. The van der Waals surface area contributed by atoms with Crippen molar-refractivity contribution in [2.45, 2.75) is 46.1 Å². The summed E-state index contributed by atoms with van der Waals surface area (Å²) < 4.78 is 27.8. The SMILES string of the molecule is CNCc1ccc(C)c(S(=O)(=O)NCC(C)C(C)(C)C)c1. The Bertz CT molecular complexity index is 574. The Hall–Kier alpha value is -0.910. The molecule has 0 heterocycles. The largest absolute Gasteiger partial charge is 0.316 e. The lowest BCUT2D eigenvalue weighted by molar-refractivity contribution is 0.263. The third kappa shape index (κ3) is 5.09. The summed E-state index contributed by atoms with van der Waals surface area (Å²) in [6, 6.07) is 5.55. The van der Waals surface area contributed by atoms with Crippen LogP contribution in [0.4, 0.5) is 0 Å². The minimum absolute atomic E-state index is 0.0749. The molecule has 120 valence electrons. The average molecular weight is 312 g/mol. The maximum absolute atomic E-state index is 12.5. The van der Waals surface area contributed by atoms with Crippen molar-refractivity contribution >= 4 is 10.0 Å². The average Bonchev–Trinajstić information content (AvgIpc) is 2.37. The molecule has 0 amide bonds. The van der Waals surface area contributed by atoms with Gasteiger partial charge in [0.15, 0.2) is 0 Å². The van der Waals surface area contributed by atoms with Gasteiger partial charge in [0, 0.05) is 13.1 Å². The first-order chi connectivity index (χ1) is 9.58. The summed E-state index contributed by atoms with van der Waals surface area (Å²) in [5.74, 6) is 0.257. The van der Waals surface area contributed by atoms with Crippen LogP contribution in [0.1, 0.15) is 38.8 Å². The minimum Gasteiger partial charge on any atom is -0.316 e. The number of nitrogens with one attached hydrogen (secondary N) is 2. The molecule has 5 heteroatoms. The highest BCUT2D eigenvalue weighted by molar-refractivity contribution is 7.89. The smallest absolute Gasteiger partial charge is 0.240 e. The van der Waals surface area contributed by atoms with E-state index in [0.717, 1.165) is 11.1 Å². The predicted octanol–water partition coefficient (Wildman–Crippen LogP) is 2.67. The number of sulfonamides is 1. The van der Waals surface area contributed by atoms with Gasteiger partial charge in [0.05, 0.1) is 4.90 Å². The van der Waals surface area contributed by atoms with Crippen molar-refractivity contribution in [1.82, 2.24) is 10.0 Å². The number of hydrogen-bond acceptors (Lipinski definition) is 3. The number of aryl methyl sites for hydroxylation is 1. The molecule has 4 nitrogen and oxygen atoms in total. The standard InChI is InChI=1S/C16H28N2O2S/c1-12-7-8-14(11-17-6)9-15(12)21(19,20)18-10-13(2)16(3,4)5/h7-9,13,17-18H,10-11H2,1-6H3. The summed E-state index contributed by atoms with van der Waals surface area (Å²) in [5.41, 5.74) is 1.81. The van der Waals surface area contributed by atoms with E-state index in [9.17, 15) is 8.42 Å². The van der Waals surface area contributed by atoms with E-state index in [2.05, 4.69) is 37.7 Å². The molecule has 1 aromatic rings. The summed E-state index contributed by atoms with van der Waals surface area (Å²) in [6.07, 6.45) is 0. The van der Waals surface area contributed by atoms with Crippen LogP contribution in [0.15, 0.2) is 23.1 Å². The van der Waals surface area contributed by atoms with Crippen molar-refractivity contribution in [3.05, 3.63) is 29.3 Å². The summed E-state index contributed by atoms with van der Waals surface area (Å²) in [6.45, 7) is 11.3. The minimum atomic E-state index is -3.46. The Kier molecular flexibility index (Phi) is 5.96. The number of hydrogen-bond donors (Lipinski definition) is 2. The maximum atomic E-state index is 12.5. The van der Waals surface area contributed by atoms with Gasteiger partial charge in [0.2, 0.25) is 10.0 Å². The Morgan fingerprint density at radius 1 is 1.24 bits per heavy atom. The van der Waals surface area contributed by atoms with Gasteiger partial charge in [-0.05, 0) is 42.5 Å². The Morgan fingerprint density at radius 3 is 2.38 bits per heavy atom. The molecule has 0 aliphatic heterocycles. The molecule has 0 fully saturated rings. The summed E-state index contributed by atoms with van der Waals surface area (Å²) >= 11 is 0. The lowest BCUT2D eigenvalue weighted by Crippen LogP contribution is -2.34. The van der Waals surface area contributed by atoms with Crippen molar-refractivity contribution < 1.29 is 8.42 Å². The van der Waals surface area contributed by atoms with Gasteiger partial charge in [-0.3, -0.25) is 0 Å². The van der Waals surface area contributed by atoms with Crippen LogP contribution in [0.25, 0.3) is 0 Å². The fourth-order valence-corrected chi connectivity index (χ4v) is 3.29. The summed E-state index contributed by atoms with van der Waals surface area (Å²) in [4.78, 5) is 0.372. The zero-order chi connectivity index (χ0) is 16.3. The van der Waals surface area contributed by atoms with E-state index in [-0.39, 0.29) is 11.3 Å². The van der Waals surface area contributed by atoms with Crippen molar-refractivity contribution in [3.63, 3.8) is 0 Å². The van der Waals surface area contributed by atoms with Crippen LogP contribution in [0.5, 0.6) is 0 Å². The van der Waals surface area contributed by atoms with Gasteiger partial charge in [-0.1, -0.05) is 39.8 Å².